The van der Waals surface area contributed by atoms with Crippen LogP contribution in [0.15, 0.2) is 53.4 Å². The SMILES string of the molecule is CC(=O)c1cccc(S(=O)(=O)N2CCN(Cc3ccccc3Cl)CC2)c1. The van der Waals surface area contributed by atoms with Crippen LogP contribution < -0.4 is 0 Å². The molecule has 1 fully saturated rings. The van der Waals surface area contributed by atoms with Gasteiger partial charge in [0.15, 0.2) is 5.78 Å². The molecule has 0 aliphatic carbocycles. The molecule has 0 N–H and O–H groups in total. The van der Waals surface area contributed by atoms with E-state index in [1.165, 1.54) is 23.4 Å². The number of hydrogen-bond donors (Lipinski definition) is 0. The van der Waals surface area contributed by atoms with Crippen LogP contribution in [0.25, 0.3) is 0 Å². The Morgan fingerprint density at radius 1 is 1.04 bits per heavy atom. The zero-order chi connectivity index (χ0) is 18.7. The number of Topliss-reactive ketones (excluding diaryl/α,β-unsaturated/α-hetero) is 1. The van der Waals surface area contributed by atoms with Crippen molar-refractivity contribution < 1.29 is 13.2 Å². The van der Waals surface area contributed by atoms with Crippen LogP contribution >= 0.6 is 11.6 Å². The van der Waals surface area contributed by atoms with Gasteiger partial charge in [-0.3, -0.25) is 9.69 Å². The van der Waals surface area contributed by atoms with Gasteiger partial charge in [0.05, 0.1) is 4.90 Å². The van der Waals surface area contributed by atoms with E-state index in [0.29, 0.717) is 38.3 Å². The Morgan fingerprint density at radius 3 is 2.38 bits per heavy atom. The van der Waals surface area contributed by atoms with Crippen molar-refractivity contribution in [2.75, 3.05) is 26.2 Å². The van der Waals surface area contributed by atoms with Gasteiger partial charge in [-0.2, -0.15) is 4.31 Å². The number of carbonyl (C=O) groups excluding carboxylic acids is 1. The molecule has 0 radical (unpaired) electrons. The molecule has 1 heterocycles. The summed E-state index contributed by atoms with van der Waals surface area (Å²) in [5.74, 6) is -0.147. The van der Waals surface area contributed by atoms with Crippen LogP contribution in [-0.2, 0) is 16.6 Å². The third-order valence-corrected chi connectivity index (χ3v) is 6.82. The lowest BCUT2D eigenvalue weighted by molar-refractivity contribution is 0.101. The molecular formula is C19H21ClN2O3S. The van der Waals surface area contributed by atoms with Gasteiger partial charge in [0.25, 0.3) is 0 Å². The molecule has 5 nitrogen and oxygen atoms in total. The van der Waals surface area contributed by atoms with Crippen molar-refractivity contribution in [2.24, 2.45) is 0 Å². The molecule has 0 aromatic heterocycles. The van der Waals surface area contributed by atoms with Gasteiger partial charge in [-0.25, -0.2) is 8.42 Å². The van der Waals surface area contributed by atoms with Gasteiger partial charge in [-0.05, 0) is 30.7 Å². The number of carbonyl (C=O) groups is 1. The summed E-state index contributed by atoms with van der Waals surface area (Å²) >= 11 is 6.20. The van der Waals surface area contributed by atoms with E-state index in [-0.39, 0.29) is 10.7 Å². The van der Waals surface area contributed by atoms with Gasteiger partial charge in [-0.1, -0.05) is 41.9 Å². The van der Waals surface area contributed by atoms with Gasteiger partial charge in [0.1, 0.15) is 0 Å². The van der Waals surface area contributed by atoms with Crippen molar-refractivity contribution in [1.29, 1.82) is 0 Å². The summed E-state index contributed by atoms with van der Waals surface area (Å²) in [4.78, 5) is 13.9. The number of piperazine rings is 1. The van der Waals surface area contributed by atoms with Crippen molar-refractivity contribution in [1.82, 2.24) is 9.21 Å². The lowest BCUT2D eigenvalue weighted by Crippen LogP contribution is -2.48. The number of hydrogen-bond acceptors (Lipinski definition) is 4. The Hall–Kier alpha value is -1.73. The van der Waals surface area contributed by atoms with Crippen LogP contribution in [0.2, 0.25) is 5.02 Å². The number of rotatable bonds is 5. The maximum absolute atomic E-state index is 12.9. The second-order valence-corrected chi connectivity index (χ2v) is 8.70. The van der Waals surface area contributed by atoms with Gasteiger partial charge in [-0.15, -0.1) is 0 Å². The molecule has 0 saturated carbocycles. The fourth-order valence-corrected chi connectivity index (χ4v) is 4.68. The van der Waals surface area contributed by atoms with Crippen LogP contribution in [0.3, 0.4) is 0 Å². The van der Waals surface area contributed by atoms with Gasteiger partial charge in [0.2, 0.25) is 10.0 Å². The summed E-state index contributed by atoms with van der Waals surface area (Å²) in [5.41, 5.74) is 1.45. The highest BCUT2D eigenvalue weighted by Crippen LogP contribution is 2.21. The standard InChI is InChI=1S/C19H21ClN2O3S/c1-15(23)16-6-4-7-18(13-16)26(24,25)22-11-9-21(10-12-22)14-17-5-2-3-8-19(17)20/h2-8,13H,9-12,14H2,1H3. The minimum absolute atomic E-state index is 0.147. The van der Waals surface area contributed by atoms with Crippen molar-refractivity contribution in [2.45, 2.75) is 18.4 Å². The van der Waals surface area contributed by atoms with Crippen LogP contribution in [0.4, 0.5) is 0 Å². The molecule has 0 unspecified atom stereocenters. The van der Waals surface area contributed by atoms with Crippen LogP contribution in [-0.4, -0.2) is 49.6 Å². The Kier molecular flexibility index (Phi) is 5.77. The maximum Gasteiger partial charge on any atom is 0.243 e. The highest BCUT2D eigenvalue weighted by Gasteiger charge is 2.28. The third-order valence-electron chi connectivity index (χ3n) is 4.56. The predicted molar refractivity (Wildman–Crippen MR) is 102 cm³/mol. The van der Waals surface area contributed by atoms with E-state index in [1.807, 2.05) is 24.3 Å². The first-order valence-electron chi connectivity index (χ1n) is 8.45. The molecule has 0 amide bonds. The zero-order valence-electron chi connectivity index (χ0n) is 14.6. The summed E-state index contributed by atoms with van der Waals surface area (Å²) in [5, 5.41) is 0.726. The van der Waals surface area contributed by atoms with Crippen LogP contribution in [0.5, 0.6) is 0 Å². The maximum atomic E-state index is 12.9. The minimum Gasteiger partial charge on any atom is -0.296 e. The molecule has 1 aliphatic heterocycles. The van der Waals surface area contributed by atoms with E-state index in [1.54, 1.807) is 12.1 Å². The third kappa shape index (κ3) is 4.15. The molecule has 0 bridgehead atoms. The second-order valence-electron chi connectivity index (χ2n) is 6.36. The first-order valence-corrected chi connectivity index (χ1v) is 10.3. The topological polar surface area (TPSA) is 57.7 Å². The number of nitrogens with zero attached hydrogens (tertiary/aromatic N) is 2. The summed E-state index contributed by atoms with van der Waals surface area (Å²) < 4.78 is 27.2. The molecule has 7 heteroatoms. The highest BCUT2D eigenvalue weighted by atomic mass is 35.5. The predicted octanol–water partition coefficient (Wildman–Crippen LogP) is 3.05. The van der Waals surface area contributed by atoms with E-state index in [4.69, 9.17) is 11.6 Å². The average molecular weight is 393 g/mol. The second kappa shape index (κ2) is 7.88. The fourth-order valence-electron chi connectivity index (χ4n) is 3.02. The molecule has 1 aliphatic rings. The number of benzene rings is 2. The van der Waals surface area contributed by atoms with Crippen molar-refractivity contribution >= 4 is 27.4 Å². The van der Waals surface area contributed by atoms with E-state index in [0.717, 1.165) is 10.6 Å². The lowest BCUT2D eigenvalue weighted by atomic mass is 10.2. The summed E-state index contributed by atoms with van der Waals surface area (Å²) in [6.07, 6.45) is 0. The molecule has 138 valence electrons. The molecule has 0 spiro atoms. The van der Waals surface area contributed by atoms with Crippen molar-refractivity contribution in [3.63, 3.8) is 0 Å². The van der Waals surface area contributed by atoms with Gasteiger partial charge >= 0.3 is 0 Å². The molecule has 2 aromatic carbocycles. The first kappa shape index (κ1) is 19.0. The molecule has 3 rings (SSSR count). The summed E-state index contributed by atoms with van der Waals surface area (Å²) in [6, 6.07) is 13.9. The Labute approximate surface area is 159 Å². The fraction of sp³-hybridized carbons (Fsp3) is 0.316. The Morgan fingerprint density at radius 2 is 1.73 bits per heavy atom. The highest BCUT2D eigenvalue weighted by molar-refractivity contribution is 7.89. The Balaban J connectivity index is 1.68. The first-order chi connectivity index (χ1) is 12.4. The van der Waals surface area contributed by atoms with E-state index < -0.39 is 10.0 Å². The lowest BCUT2D eigenvalue weighted by Gasteiger charge is -2.34. The van der Waals surface area contributed by atoms with E-state index >= 15 is 0 Å². The number of sulfonamides is 1. The van der Waals surface area contributed by atoms with Gasteiger partial charge in [0, 0.05) is 43.3 Å². The molecule has 1 saturated heterocycles. The molecule has 0 atom stereocenters. The summed E-state index contributed by atoms with van der Waals surface area (Å²) in [7, 11) is -3.59. The Bertz CT molecular complexity index is 907. The largest absolute Gasteiger partial charge is 0.296 e. The minimum atomic E-state index is -3.59. The normalized spacial score (nSPS) is 16.5. The van der Waals surface area contributed by atoms with E-state index in [9.17, 15) is 13.2 Å². The average Bonchev–Trinajstić information content (AvgIpc) is 2.64. The van der Waals surface area contributed by atoms with Crippen LogP contribution in [0.1, 0.15) is 22.8 Å². The monoisotopic (exact) mass is 392 g/mol. The smallest absolute Gasteiger partial charge is 0.243 e. The molecule has 2 aromatic rings. The molecule has 26 heavy (non-hydrogen) atoms. The number of halogens is 1. The molecular weight excluding hydrogens is 372 g/mol. The summed E-state index contributed by atoms with van der Waals surface area (Å²) in [6.45, 7) is 4.23. The van der Waals surface area contributed by atoms with Gasteiger partial charge < -0.3 is 0 Å². The van der Waals surface area contributed by atoms with Crippen molar-refractivity contribution in [3.8, 4) is 0 Å². The zero-order valence-corrected chi connectivity index (χ0v) is 16.1. The van der Waals surface area contributed by atoms with E-state index in [2.05, 4.69) is 4.90 Å². The number of ketones is 1. The van der Waals surface area contributed by atoms with Crippen LogP contribution in [0, 0.1) is 0 Å². The van der Waals surface area contributed by atoms with Crippen molar-refractivity contribution in [3.05, 3.63) is 64.7 Å². The quantitative estimate of drug-likeness (QED) is 0.734.